The Labute approximate surface area is 112 Å². The van der Waals surface area contributed by atoms with Gasteiger partial charge in [0.2, 0.25) is 0 Å². The van der Waals surface area contributed by atoms with Crippen LogP contribution < -0.4 is 0 Å². The minimum atomic E-state index is -0.548. The number of benzene rings is 1. The third-order valence-electron chi connectivity index (χ3n) is 3.41. The van der Waals surface area contributed by atoms with E-state index in [1.54, 1.807) is 0 Å². The maximum atomic E-state index is 10.5. The van der Waals surface area contributed by atoms with Crippen LogP contribution in [0.3, 0.4) is 0 Å². The van der Waals surface area contributed by atoms with Crippen molar-refractivity contribution in [3.05, 3.63) is 35.9 Å². The van der Waals surface area contributed by atoms with Crippen LogP contribution in [0.5, 0.6) is 0 Å². The van der Waals surface area contributed by atoms with E-state index in [1.807, 2.05) is 35.3 Å². The van der Waals surface area contributed by atoms with Gasteiger partial charge in [0.1, 0.15) is 0 Å². The van der Waals surface area contributed by atoms with Crippen LogP contribution in [-0.2, 0) is 5.60 Å². The molecule has 1 nitrogen and oxygen atoms in total. The van der Waals surface area contributed by atoms with Gasteiger partial charge < -0.3 is 5.11 Å². The summed E-state index contributed by atoms with van der Waals surface area (Å²) in [5.74, 6) is 0.777. The zero-order valence-electron chi connectivity index (χ0n) is 10.1. The molecule has 16 heavy (non-hydrogen) atoms. The zero-order valence-corrected chi connectivity index (χ0v) is 12.3. The van der Waals surface area contributed by atoms with E-state index in [1.165, 1.54) is 0 Å². The van der Waals surface area contributed by atoms with Gasteiger partial charge >= 0.3 is 0 Å². The van der Waals surface area contributed by atoms with Gasteiger partial charge in [-0.15, -0.1) is 0 Å². The highest BCUT2D eigenvalue weighted by atomic mass is 127. The summed E-state index contributed by atoms with van der Waals surface area (Å²) in [6, 6.07) is 10.1. The van der Waals surface area contributed by atoms with E-state index in [0.29, 0.717) is 0 Å². The van der Waals surface area contributed by atoms with Gasteiger partial charge in [0.05, 0.1) is 5.60 Å². The minimum absolute atomic E-state index is 0.548. The summed E-state index contributed by atoms with van der Waals surface area (Å²) in [5.41, 5.74) is 0.542. The van der Waals surface area contributed by atoms with Gasteiger partial charge in [0.25, 0.3) is 0 Å². The summed E-state index contributed by atoms with van der Waals surface area (Å²) < 4.78 is 0. The number of hydrogen-bond donors (Lipinski definition) is 1. The molecule has 1 N–H and O–H groups in total. The van der Waals surface area contributed by atoms with Crippen molar-refractivity contribution < 1.29 is 5.11 Å². The molecule has 1 aromatic carbocycles. The quantitative estimate of drug-likeness (QED) is 0.605. The Bertz CT molecular complexity index is 289. The molecule has 1 aliphatic carbocycles. The highest BCUT2D eigenvalue weighted by Gasteiger charge is 2.32. The monoisotopic (exact) mass is 332 g/mol. The lowest BCUT2D eigenvalue weighted by molar-refractivity contribution is -0.0120. The summed E-state index contributed by atoms with van der Waals surface area (Å²) in [4.78, 5) is 1.97. The van der Waals surface area contributed by atoms with Crippen LogP contribution in [0.2, 0.25) is 0 Å². The van der Waals surface area contributed by atoms with Crippen molar-refractivity contribution in [1.82, 2.24) is 0 Å². The molecule has 0 radical (unpaired) electrons. The van der Waals surface area contributed by atoms with Crippen molar-refractivity contribution >= 4 is 22.6 Å². The summed E-state index contributed by atoms with van der Waals surface area (Å²) in [6.45, 7) is 2.27. The molecule has 0 spiro atoms. The molecular weight excluding hydrogens is 311 g/mol. The normalized spacial score (nSPS) is 29.1. The highest BCUT2D eigenvalue weighted by molar-refractivity contribution is 14.1. The number of halogens is 1. The van der Waals surface area contributed by atoms with Crippen molar-refractivity contribution in [3.8, 4) is 0 Å². The van der Waals surface area contributed by atoms with E-state index >= 15 is 0 Å². The smallest absolute Gasteiger partial charge is 0.0896 e. The van der Waals surface area contributed by atoms with Crippen LogP contribution in [0.15, 0.2) is 30.3 Å². The fraction of sp³-hybridized carbons (Fsp3) is 0.571. The topological polar surface area (TPSA) is 20.2 Å². The Hall–Kier alpha value is -0.0900. The lowest BCUT2D eigenvalue weighted by Gasteiger charge is -2.35. The van der Waals surface area contributed by atoms with Crippen LogP contribution in [0.4, 0.5) is 0 Å². The maximum absolute atomic E-state index is 10.5. The third-order valence-corrected chi connectivity index (χ3v) is 3.41. The molecule has 0 heterocycles. The molecule has 0 bridgehead atoms. The number of alkyl halides is 1. The van der Waals surface area contributed by atoms with Gasteiger partial charge in [0.15, 0.2) is 0 Å². The average molecular weight is 332 g/mol. The Morgan fingerprint density at radius 3 is 2.12 bits per heavy atom. The first-order valence-electron chi connectivity index (χ1n) is 5.86. The molecule has 0 amide bonds. The highest BCUT2D eigenvalue weighted by Crippen LogP contribution is 2.38. The second-order valence-electron chi connectivity index (χ2n) is 4.58. The average Bonchev–Trinajstić information content (AvgIpc) is 2.37. The van der Waals surface area contributed by atoms with Crippen LogP contribution in [0.25, 0.3) is 0 Å². The van der Waals surface area contributed by atoms with E-state index in [0.717, 1.165) is 37.2 Å². The lowest BCUT2D eigenvalue weighted by Crippen LogP contribution is -2.30. The van der Waals surface area contributed by atoms with Crippen molar-refractivity contribution in [2.75, 3.05) is 4.93 Å². The largest absolute Gasteiger partial charge is 0.385 e. The van der Waals surface area contributed by atoms with Crippen molar-refractivity contribution in [3.63, 3.8) is 0 Å². The van der Waals surface area contributed by atoms with Gasteiger partial charge in [-0.3, -0.25) is 0 Å². The van der Waals surface area contributed by atoms with Crippen LogP contribution in [0, 0.1) is 5.92 Å². The summed E-state index contributed by atoms with van der Waals surface area (Å²) in [6.07, 6.45) is 4.12. The fourth-order valence-corrected chi connectivity index (χ4v) is 2.28. The predicted octanol–water partition coefficient (Wildman–Crippen LogP) is 4.14. The number of aliphatic hydroxyl groups is 1. The van der Waals surface area contributed by atoms with E-state index in [9.17, 15) is 5.11 Å². The molecule has 0 unspecified atom stereocenters. The van der Waals surface area contributed by atoms with Gasteiger partial charge in [0, 0.05) is 0 Å². The maximum Gasteiger partial charge on any atom is 0.0896 e. The van der Waals surface area contributed by atoms with Crippen LogP contribution in [0.1, 0.15) is 38.2 Å². The number of rotatable bonds is 1. The number of hydrogen-bond acceptors (Lipinski definition) is 1. The molecule has 0 atom stereocenters. The molecule has 2 heteroatoms. The van der Waals surface area contributed by atoms with E-state index in [2.05, 4.69) is 29.5 Å². The van der Waals surface area contributed by atoms with E-state index in [-0.39, 0.29) is 0 Å². The molecule has 2 rings (SSSR count). The SMILES string of the molecule is CC1CCC(O)(c2ccccc2)CC1.CI. The molecule has 0 aliphatic heterocycles. The van der Waals surface area contributed by atoms with Gasteiger partial charge in [-0.2, -0.15) is 0 Å². The van der Waals surface area contributed by atoms with Gasteiger partial charge in [-0.25, -0.2) is 0 Å². The lowest BCUT2D eigenvalue weighted by atomic mass is 9.76. The van der Waals surface area contributed by atoms with Crippen molar-refractivity contribution in [2.45, 2.75) is 38.2 Å². The molecule has 1 aromatic rings. The molecule has 1 aliphatic rings. The Morgan fingerprint density at radius 2 is 1.62 bits per heavy atom. The van der Waals surface area contributed by atoms with Crippen LogP contribution >= 0.6 is 22.6 Å². The summed E-state index contributed by atoms with van der Waals surface area (Å²) in [5, 5.41) is 10.5. The van der Waals surface area contributed by atoms with E-state index < -0.39 is 5.60 Å². The Morgan fingerprint density at radius 1 is 1.12 bits per heavy atom. The van der Waals surface area contributed by atoms with E-state index in [4.69, 9.17) is 0 Å². The molecule has 1 saturated carbocycles. The van der Waals surface area contributed by atoms with Gasteiger partial charge in [-0.1, -0.05) is 59.8 Å². The predicted molar refractivity (Wildman–Crippen MR) is 77.9 cm³/mol. The molecule has 0 aromatic heterocycles. The van der Waals surface area contributed by atoms with Crippen LogP contribution in [-0.4, -0.2) is 10.0 Å². The molecule has 0 saturated heterocycles. The first kappa shape index (κ1) is 14.0. The Kier molecular flexibility index (Phi) is 5.76. The second-order valence-corrected chi connectivity index (χ2v) is 4.58. The molecular formula is C14H21IO. The third kappa shape index (κ3) is 3.45. The van der Waals surface area contributed by atoms with Crippen molar-refractivity contribution in [1.29, 1.82) is 0 Å². The second kappa shape index (κ2) is 6.60. The zero-order chi connectivity index (χ0) is 12.0. The van der Waals surface area contributed by atoms with Crippen molar-refractivity contribution in [2.24, 2.45) is 5.92 Å². The Balaban J connectivity index is 0.000000606. The standard InChI is InChI=1S/C13H18O.CH3I/c1-11-7-9-13(14,10-8-11)12-5-3-2-4-6-12;1-2/h2-6,11,14H,7-10H2,1H3;1H3. The first-order valence-corrected chi connectivity index (χ1v) is 8.02. The van der Waals surface area contributed by atoms with Gasteiger partial charge in [-0.05, 0) is 42.1 Å². The summed E-state index contributed by atoms with van der Waals surface area (Å²) >= 11 is 2.15. The fourth-order valence-electron chi connectivity index (χ4n) is 2.28. The molecule has 90 valence electrons. The minimum Gasteiger partial charge on any atom is -0.385 e. The first-order chi connectivity index (χ1) is 7.71. The molecule has 1 fully saturated rings. The summed E-state index contributed by atoms with van der Waals surface area (Å²) in [7, 11) is 0.